The highest BCUT2D eigenvalue weighted by Crippen LogP contribution is 2.33. The maximum atomic E-state index is 14.1. The van der Waals surface area contributed by atoms with Crippen LogP contribution in [0.1, 0.15) is 31.4 Å². The van der Waals surface area contributed by atoms with E-state index in [1.54, 1.807) is 12.1 Å². The first-order valence-electron chi connectivity index (χ1n) is 15.8. The summed E-state index contributed by atoms with van der Waals surface area (Å²) >= 11 is 0. The van der Waals surface area contributed by atoms with Gasteiger partial charge in [0.25, 0.3) is 0 Å². The summed E-state index contributed by atoms with van der Waals surface area (Å²) in [7, 11) is -4.14. The van der Waals surface area contributed by atoms with E-state index in [1.165, 1.54) is 34.6 Å². The lowest BCUT2D eigenvalue weighted by Crippen LogP contribution is -2.51. The Morgan fingerprint density at radius 1 is 1.06 bits per heavy atom. The monoisotopic (exact) mass is 670 g/mol. The third-order valence-electron chi connectivity index (χ3n) is 8.30. The molecule has 3 aromatic carbocycles. The van der Waals surface area contributed by atoms with E-state index < -0.39 is 40.7 Å². The molecule has 0 spiro atoms. The molecule has 0 saturated carbocycles. The van der Waals surface area contributed by atoms with Crippen LogP contribution in [0.3, 0.4) is 0 Å². The number of halogens is 1. The minimum atomic E-state index is -4.14. The van der Waals surface area contributed by atoms with E-state index in [2.05, 4.69) is 10.6 Å². The van der Waals surface area contributed by atoms with Crippen molar-refractivity contribution < 1.29 is 36.9 Å². The number of aliphatic hydroxyl groups is 1. The molecule has 1 amide bonds. The number of ether oxygens (including phenoxy) is 3. The molecule has 2 aliphatic heterocycles. The molecule has 3 aromatic rings. The summed E-state index contributed by atoms with van der Waals surface area (Å²) in [6, 6.07) is 18.8. The average Bonchev–Trinajstić information content (AvgIpc) is 3.65. The first-order valence-corrected chi connectivity index (χ1v) is 17.2. The summed E-state index contributed by atoms with van der Waals surface area (Å²) in [5.41, 5.74) is 8.36. The van der Waals surface area contributed by atoms with Gasteiger partial charge in [0, 0.05) is 19.6 Å². The molecular formula is C34H43FN4O7S. The van der Waals surface area contributed by atoms with Gasteiger partial charge in [-0.3, -0.25) is 0 Å². The molecule has 11 nitrogen and oxygen atoms in total. The zero-order valence-corrected chi connectivity index (χ0v) is 27.4. The molecule has 2 heterocycles. The number of nitrogens with zero attached hydrogens (tertiary/aromatic N) is 1. The average molecular weight is 671 g/mol. The smallest absolute Gasteiger partial charge is 0.407 e. The summed E-state index contributed by atoms with van der Waals surface area (Å²) < 4.78 is 59.9. The molecule has 2 fully saturated rings. The fourth-order valence-corrected chi connectivity index (χ4v) is 7.53. The van der Waals surface area contributed by atoms with Gasteiger partial charge < -0.3 is 35.7 Å². The van der Waals surface area contributed by atoms with Crippen molar-refractivity contribution in [2.75, 3.05) is 37.4 Å². The van der Waals surface area contributed by atoms with E-state index in [-0.39, 0.29) is 55.2 Å². The number of anilines is 2. The molecule has 5 rings (SSSR count). The van der Waals surface area contributed by atoms with Gasteiger partial charge >= 0.3 is 6.09 Å². The van der Waals surface area contributed by atoms with Crippen molar-refractivity contribution in [1.29, 1.82) is 0 Å². The van der Waals surface area contributed by atoms with Crippen molar-refractivity contribution in [2.24, 2.45) is 11.8 Å². The van der Waals surface area contributed by atoms with Crippen LogP contribution in [0.5, 0.6) is 0 Å². The van der Waals surface area contributed by atoms with Crippen molar-refractivity contribution >= 4 is 27.5 Å². The van der Waals surface area contributed by atoms with Crippen LogP contribution in [0, 0.1) is 17.7 Å². The van der Waals surface area contributed by atoms with Crippen LogP contribution >= 0.6 is 0 Å². The summed E-state index contributed by atoms with van der Waals surface area (Å²) in [5.74, 6) is -0.516. The number of carbonyl (C=O) groups excluding carboxylic acids is 1. The molecule has 0 aromatic heterocycles. The molecular weight excluding hydrogens is 627 g/mol. The molecule has 0 unspecified atom stereocenters. The number of aliphatic hydroxyl groups excluding tert-OH is 1. The molecule has 13 heteroatoms. The standard InChI is InChI=1S/C34H43FN4O7S/c1-22(2)19-39(47(42,43)26-11-12-28(36)29(17-26)37-18-24-9-6-10-25(35)15-24)20-31(40)30(16-23-7-4-3-5-8-23)38-34(41)46-32-21-45-33-27(32)13-14-44-33/h3-12,15,17,22,27,30-33,37,40H,13-14,16,18-21,36H2,1-2H3,(H,38,41)/t27-,30-,31+,32-,33+/m0/s1. The fraction of sp³-hybridized carbons (Fsp3) is 0.441. The van der Waals surface area contributed by atoms with Crippen LogP contribution in [0.4, 0.5) is 20.6 Å². The number of fused-ring (bicyclic) bond motifs is 1. The molecule has 0 aliphatic carbocycles. The largest absolute Gasteiger partial charge is 0.443 e. The molecule has 2 aliphatic rings. The van der Waals surface area contributed by atoms with E-state index in [9.17, 15) is 22.7 Å². The number of benzene rings is 3. The lowest BCUT2D eigenvalue weighted by Gasteiger charge is -2.31. The number of nitrogen functional groups attached to an aromatic ring is 1. The van der Waals surface area contributed by atoms with E-state index >= 15 is 0 Å². The van der Waals surface area contributed by atoms with Gasteiger partial charge in [0.2, 0.25) is 10.0 Å². The number of sulfonamides is 1. The second-order valence-electron chi connectivity index (χ2n) is 12.4. The molecule has 254 valence electrons. The molecule has 5 N–H and O–H groups in total. The highest BCUT2D eigenvalue weighted by Gasteiger charge is 2.44. The number of hydrogen-bond donors (Lipinski definition) is 4. The number of carbonyl (C=O) groups is 1. The zero-order valence-electron chi connectivity index (χ0n) is 26.5. The second kappa shape index (κ2) is 15.4. The Hall–Kier alpha value is -3.75. The van der Waals surface area contributed by atoms with Crippen LogP contribution in [0.2, 0.25) is 0 Å². The minimum absolute atomic E-state index is 0.0251. The van der Waals surface area contributed by atoms with Crippen LogP contribution in [0.25, 0.3) is 0 Å². The van der Waals surface area contributed by atoms with Crippen molar-refractivity contribution in [2.45, 2.75) is 62.7 Å². The van der Waals surface area contributed by atoms with Gasteiger partial charge in [-0.1, -0.05) is 56.3 Å². The topological polar surface area (TPSA) is 152 Å². The third-order valence-corrected chi connectivity index (χ3v) is 10.1. The van der Waals surface area contributed by atoms with Crippen LogP contribution < -0.4 is 16.4 Å². The van der Waals surface area contributed by atoms with Crippen LogP contribution in [-0.2, 0) is 37.2 Å². The van der Waals surface area contributed by atoms with Crippen LogP contribution in [0.15, 0.2) is 77.7 Å². The maximum Gasteiger partial charge on any atom is 0.407 e. The maximum absolute atomic E-state index is 14.1. The quantitative estimate of drug-likeness (QED) is 0.186. The van der Waals surface area contributed by atoms with Gasteiger partial charge in [-0.2, -0.15) is 4.31 Å². The lowest BCUT2D eigenvalue weighted by atomic mass is 10.0. The van der Waals surface area contributed by atoms with E-state index in [4.69, 9.17) is 19.9 Å². The molecule has 47 heavy (non-hydrogen) atoms. The Balaban J connectivity index is 1.33. The first kappa shape index (κ1) is 34.6. The number of nitrogens with one attached hydrogen (secondary N) is 2. The normalized spacial score (nSPS) is 20.6. The predicted molar refractivity (Wildman–Crippen MR) is 175 cm³/mol. The van der Waals surface area contributed by atoms with Gasteiger partial charge in [-0.25, -0.2) is 17.6 Å². The van der Waals surface area contributed by atoms with E-state index in [1.807, 2.05) is 44.2 Å². The van der Waals surface area contributed by atoms with Crippen molar-refractivity contribution in [3.05, 3.63) is 89.7 Å². The van der Waals surface area contributed by atoms with Gasteiger partial charge in [0.05, 0.1) is 47.5 Å². The number of hydrogen-bond acceptors (Lipinski definition) is 9. The Morgan fingerprint density at radius 3 is 2.57 bits per heavy atom. The van der Waals surface area contributed by atoms with Crippen molar-refractivity contribution in [1.82, 2.24) is 9.62 Å². The summed E-state index contributed by atoms with van der Waals surface area (Å²) in [5, 5.41) is 17.5. The predicted octanol–water partition coefficient (Wildman–Crippen LogP) is 4.13. The lowest BCUT2D eigenvalue weighted by molar-refractivity contribution is -0.0907. The Kier molecular flexibility index (Phi) is 11.4. The number of amides is 1. The highest BCUT2D eigenvalue weighted by atomic mass is 32.2. The molecule has 5 atom stereocenters. The third kappa shape index (κ3) is 8.99. The van der Waals surface area contributed by atoms with Crippen LogP contribution in [-0.4, -0.2) is 74.8 Å². The molecule has 2 saturated heterocycles. The highest BCUT2D eigenvalue weighted by molar-refractivity contribution is 7.89. The van der Waals surface area contributed by atoms with Gasteiger partial charge in [-0.05, 0) is 60.2 Å². The summed E-state index contributed by atoms with van der Waals surface area (Å²) in [6.45, 7) is 4.56. The first-order chi connectivity index (χ1) is 22.5. The van der Waals surface area contributed by atoms with E-state index in [0.717, 1.165) is 5.56 Å². The Morgan fingerprint density at radius 2 is 1.83 bits per heavy atom. The minimum Gasteiger partial charge on any atom is -0.443 e. The zero-order chi connectivity index (χ0) is 33.6. The SMILES string of the molecule is CC(C)CN(C[C@@H](O)[C@H](Cc1ccccc1)NC(=O)O[C@H]1CO[C@H]2OCC[C@H]21)S(=O)(=O)c1ccc(N)c(NCc2cccc(F)c2)c1. The van der Waals surface area contributed by atoms with Gasteiger partial charge in [0.15, 0.2) is 6.29 Å². The summed E-state index contributed by atoms with van der Waals surface area (Å²) in [6.07, 6.45) is -1.94. The molecule has 0 radical (unpaired) electrons. The number of alkyl carbamates (subject to hydrolysis) is 1. The van der Waals surface area contributed by atoms with E-state index in [0.29, 0.717) is 30.0 Å². The Labute approximate surface area is 275 Å². The second-order valence-corrected chi connectivity index (χ2v) is 14.4. The van der Waals surface area contributed by atoms with Crippen molar-refractivity contribution in [3.63, 3.8) is 0 Å². The van der Waals surface area contributed by atoms with Crippen molar-refractivity contribution in [3.8, 4) is 0 Å². The number of rotatable bonds is 14. The fourth-order valence-electron chi connectivity index (χ4n) is 5.88. The van der Waals surface area contributed by atoms with Gasteiger partial charge in [-0.15, -0.1) is 0 Å². The Bertz CT molecular complexity index is 1610. The number of nitrogens with two attached hydrogens (primary N) is 1. The van der Waals surface area contributed by atoms with Gasteiger partial charge in [0.1, 0.15) is 11.9 Å². The summed E-state index contributed by atoms with van der Waals surface area (Å²) in [4.78, 5) is 13.1. The molecule has 0 bridgehead atoms.